The van der Waals surface area contributed by atoms with Crippen molar-refractivity contribution in [1.82, 2.24) is 24.8 Å². The Hall–Kier alpha value is -3.45. The second-order valence-corrected chi connectivity index (χ2v) is 12.6. The largest absolute Gasteiger partial charge is 0.497 e. The van der Waals surface area contributed by atoms with Crippen LogP contribution in [0.5, 0.6) is 5.75 Å². The van der Waals surface area contributed by atoms with Gasteiger partial charge in [0.2, 0.25) is 0 Å². The van der Waals surface area contributed by atoms with E-state index >= 15 is 0 Å². The molecule has 1 aromatic carbocycles. The monoisotopic (exact) mass is 569 g/mol. The average molecular weight is 570 g/mol. The van der Waals surface area contributed by atoms with Gasteiger partial charge in [-0.05, 0) is 54.8 Å². The number of hydrazine groups is 2. The first-order valence-corrected chi connectivity index (χ1v) is 14.8. The van der Waals surface area contributed by atoms with Crippen LogP contribution in [0.15, 0.2) is 76.9 Å². The highest BCUT2D eigenvalue weighted by Crippen LogP contribution is 2.37. The van der Waals surface area contributed by atoms with Crippen molar-refractivity contribution in [3.63, 3.8) is 0 Å². The van der Waals surface area contributed by atoms with Gasteiger partial charge in [0.1, 0.15) is 16.0 Å². The average Bonchev–Trinajstić information content (AvgIpc) is 3.53. The molecule has 3 heterocycles. The molecule has 10 nitrogen and oxygen atoms in total. The predicted molar refractivity (Wildman–Crippen MR) is 148 cm³/mol. The molecule has 0 amide bonds. The first-order valence-electron chi connectivity index (χ1n) is 12.5. The third kappa shape index (κ3) is 5.93. The van der Waals surface area contributed by atoms with E-state index in [1.807, 2.05) is 42.5 Å². The fourth-order valence-corrected chi connectivity index (χ4v) is 7.46. The number of benzene rings is 1. The quantitative estimate of drug-likeness (QED) is 0.349. The number of carbonyl (C=O) groups is 1. The van der Waals surface area contributed by atoms with Gasteiger partial charge in [0.15, 0.2) is 0 Å². The number of hydrogen-bond donors (Lipinski definition) is 1. The zero-order chi connectivity index (χ0) is 27.6. The Morgan fingerprint density at radius 2 is 1.92 bits per heavy atom. The zero-order valence-corrected chi connectivity index (χ0v) is 23.6. The Morgan fingerprint density at radius 1 is 1.15 bits per heavy atom. The van der Waals surface area contributed by atoms with Gasteiger partial charge in [-0.3, -0.25) is 15.0 Å². The van der Waals surface area contributed by atoms with E-state index in [2.05, 4.69) is 10.5 Å². The van der Waals surface area contributed by atoms with Gasteiger partial charge in [-0.1, -0.05) is 18.2 Å². The molecule has 1 aliphatic heterocycles. The lowest BCUT2D eigenvalue weighted by Crippen LogP contribution is -2.49. The lowest BCUT2D eigenvalue weighted by Gasteiger charge is -2.28. The molecular weight excluding hydrogens is 538 g/mol. The lowest BCUT2D eigenvalue weighted by atomic mass is 10.1. The fourth-order valence-electron chi connectivity index (χ4n) is 4.39. The molecule has 206 valence electrons. The minimum absolute atomic E-state index is 0.0607. The first kappa shape index (κ1) is 27.1. The maximum Gasteiger partial charge on any atom is 0.330 e. The molecule has 2 aromatic heterocycles. The summed E-state index contributed by atoms with van der Waals surface area (Å²) in [7, 11) is 1.02. The number of sulfonamides is 1. The summed E-state index contributed by atoms with van der Waals surface area (Å²) in [6.45, 7) is 0.167. The highest BCUT2D eigenvalue weighted by atomic mass is 32.2. The number of pyridine rings is 1. The van der Waals surface area contributed by atoms with E-state index in [1.165, 1.54) is 18.4 Å². The third-order valence-electron chi connectivity index (χ3n) is 6.72. The number of rotatable bonds is 11. The summed E-state index contributed by atoms with van der Waals surface area (Å²) in [5.74, 6) is 0.324. The molecule has 1 fully saturated rings. The van der Waals surface area contributed by atoms with Crippen LogP contribution in [0, 0.1) is 0 Å². The van der Waals surface area contributed by atoms with Crippen molar-refractivity contribution in [1.29, 1.82) is 0 Å². The van der Waals surface area contributed by atoms with Crippen LogP contribution < -0.4 is 10.3 Å². The van der Waals surface area contributed by atoms with E-state index in [0.717, 1.165) is 40.4 Å². The number of nitrogens with one attached hydrogen (secondary N) is 1. The number of methoxy groups -OCH3 is 2. The van der Waals surface area contributed by atoms with Gasteiger partial charge in [-0.15, -0.1) is 16.9 Å². The summed E-state index contributed by atoms with van der Waals surface area (Å²) in [6.07, 6.45) is 5.49. The summed E-state index contributed by atoms with van der Waals surface area (Å²) in [6, 6.07) is 15.8. The molecule has 0 saturated heterocycles. The maximum absolute atomic E-state index is 13.8. The van der Waals surface area contributed by atoms with Crippen LogP contribution in [-0.4, -0.2) is 73.6 Å². The molecule has 1 aliphatic carbocycles. The van der Waals surface area contributed by atoms with E-state index in [9.17, 15) is 13.2 Å². The van der Waals surface area contributed by atoms with Crippen molar-refractivity contribution < 1.29 is 22.7 Å². The van der Waals surface area contributed by atoms with E-state index in [1.54, 1.807) is 53.0 Å². The molecule has 39 heavy (non-hydrogen) atoms. The van der Waals surface area contributed by atoms with Crippen molar-refractivity contribution in [2.24, 2.45) is 0 Å². The molecule has 1 atom stereocenters. The maximum atomic E-state index is 13.8. The highest BCUT2D eigenvalue weighted by molar-refractivity contribution is 7.91. The third-order valence-corrected chi connectivity index (χ3v) is 10.2. The van der Waals surface area contributed by atoms with E-state index in [0.29, 0.717) is 6.42 Å². The molecule has 0 spiro atoms. The standard InChI is InChI=1S/C27H31N5O5S2/c1-30-21(17-31(29-30)24(27(33)37-3)16-19-7-11-22(36-2)12-8-19)18-32(20-9-10-20)39(34,35)26-14-13-25(38-26)23-6-4-5-15-28-23/h4-8,11-15,17,20,24,29H,9-10,16,18H2,1-3H3/t24-/m0/s1. The second-order valence-electron chi connectivity index (χ2n) is 9.39. The Morgan fingerprint density at radius 3 is 2.56 bits per heavy atom. The summed E-state index contributed by atoms with van der Waals surface area (Å²) in [5, 5.41) is 3.41. The van der Waals surface area contributed by atoms with Crippen LogP contribution in [0.4, 0.5) is 0 Å². The Balaban J connectivity index is 1.36. The number of likely N-dealkylation sites (N-methyl/N-ethyl adjacent to an activating group) is 1. The number of thiophene rings is 1. The minimum atomic E-state index is -3.74. The van der Waals surface area contributed by atoms with E-state index in [-0.39, 0.29) is 16.8 Å². The first-order chi connectivity index (χ1) is 18.8. The molecule has 1 N–H and O–H groups in total. The van der Waals surface area contributed by atoms with Crippen LogP contribution in [0.25, 0.3) is 10.6 Å². The normalized spacial score (nSPS) is 16.4. The number of carbonyl (C=O) groups excluding carboxylic acids is 1. The van der Waals surface area contributed by atoms with Gasteiger partial charge < -0.3 is 9.47 Å². The molecule has 0 radical (unpaired) electrons. The molecule has 12 heteroatoms. The number of ether oxygens (including phenoxy) is 2. The Bertz CT molecular complexity index is 1440. The van der Waals surface area contributed by atoms with Gasteiger partial charge in [-0.25, -0.2) is 13.2 Å². The van der Waals surface area contributed by atoms with Crippen molar-refractivity contribution in [2.75, 3.05) is 27.8 Å². The smallest absolute Gasteiger partial charge is 0.330 e. The molecule has 5 rings (SSSR count). The van der Waals surface area contributed by atoms with Crippen molar-refractivity contribution >= 4 is 27.3 Å². The van der Waals surface area contributed by atoms with Crippen LogP contribution >= 0.6 is 11.3 Å². The number of nitrogens with zero attached hydrogens (tertiary/aromatic N) is 4. The summed E-state index contributed by atoms with van der Waals surface area (Å²) < 4.78 is 39.7. The molecule has 0 bridgehead atoms. The SMILES string of the molecule is COC(=O)[C@H](Cc1ccc(OC)cc1)N1C=C(CN(C2CC2)S(=O)(=O)c2ccc(-c3ccccn3)s2)N(C)N1. The topological polar surface area (TPSA) is 104 Å². The summed E-state index contributed by atoms with van der Waals surface area (Å²) in [5.41, 5.74) is 5.56. The second kappa shape index (κ2) is 11.3. The van der Waals surface area contributed by atoms with Crippen LogP contribution in [0.1, 0.15) is 18.4 Å². The lowest BCUT2D eigenvalue weighted by molar-refractivity contribution is -0.147. The number of aromatic nitrogens is 1. The Kier molecular flexibility index (Phi) is 7.89. The molecule has 0 unspecified atom stereocenters. The predicted octanol–water partition coefficient (Wildman–Crippen LogP) is 3.26. The molecular formula is C27H31N5O5S2. The van der Waals surface area contributed by atoms with E-state index < -0.39 is 22.0 Å². The van der Waals surface area contributed by atoms with Gasteiger partial charge in [0, 0.05) is 31.9 Å². The van der Waals surface area contributed by atoms with Crippen molar-refractivity contribution in [3.05, 3.63) is 78.3 Å². The zero-order valence-electron chi connectivity index (χ0n) is 22.0. The highest BCUT2D eigenvalue weighted by Gasteiger charge is 2.41. The van der Waals surface area contributed by atoms with Crippen molar-refractivity contribution in [2.45, 2.75) is 35.6 Å². The van der Waals surface area contributed by atoms with Gasteiger partial charge in [0.05, 0.1) is 37.0 Å². The Labute approximate surface area is 232 Å². The summed E-state index contributed by atoms with van der Waals surface area (Å²) in [4.78, 5) is 17.9. The number of esters is 1. The number of hydrogen-bond acceptors (Lipinski definition) is 10. The van der Waals surface area contributed by atoms with Crippen LogP contribution in [-0.2, 0) is 26.0 Å². The van der Waals surface area contributed by atoms with Crippen LogP contribution in [0.3, 0.4) is 0 Å². The van der Waals surface area contributed by atoms with E-state index in [4.69, 9.17) is 9.47 Å². The fraction of sp³-hybridized carbons (Fsp3) is 0.333. The van der Waals surface area contributed by atoms with Crippen molar-refractivity contribution in [3.8, 4) is 16.3 Å². The molecule has 1 saturated carbocycles. The van der Waals surface area contributed by atoms with Gasteiger partial charge in [0.25, 0.3) is 10.0 Å². The van der Waals surface area contributed by atoms with Crippen LogP contribution in [0.2, 0.25) is 0 Å². The molecule has 2 aliphatic rings. The van der Waals surface area contributed by atoms with Gasteiger partial charge >= 0.3 is 5.97 Å². The van der Waals surface area contributed by atoms with Gasteiger partial charge in [-0.2, -0.15) is 4.31 Å². The molecule has 3 aromatic rings. The summed E-state index contributed by atoms with van der Waals surface area (Å²) >= 11 is 1.22. The minimum Gasteiger partial charge on any atom is -0.497 e.